The van der Waals surface area contributed by atoms with E-state index in [-0.39, 0.29) is 38.8 Å². The van der Waals surface area contributed by atoms with Gasteiger partial charge in [-0.3, -0.25) is 9.69 Å². The molecular formula is C18H23F3N4O4S. The van der Waals surface area contributed by atoms with Gasteiger partial charge in [0.25, 0.3) is 5.91 Å². The van der Waals surface area contributed by atoms with Gasteiger partial charge in [0, 0.05) is 26.2 Å². The lowest BCUT2D eigenvalue weighted by Gasteiger charge is -2.35. The number of imide groups is 1. The Labute approximate surface area is 172 Å². The van der Waals surface area contributed by atoms with E-state index in [1.165, 1.54) is 0 Å². The van der Waals surface area contributed by atoms with Gasteiger partial charge in [0.2, 0.25) is 10.0 Å². The predicted octanol–water partition coefficient (Wildman–Crippen LogP) is 1.69. The van der Waals surface area contributed by atoms with Crippen LogP contribution in [0.3, 0.4) is 0 Å². The van der Waals surface area contributed by atoms with Gasteiger partial charge in [0.1, 0.15) is 6.04 Å². The molecule has 0 aromatic heterocycles. The molecule has 1 aromatic rings. The molecule has 0 aliphatic carbocycles. The lowest BCUT2D eigenvalue weighted by atomic mass is 10.2. The monoisotopic (exact) mass is 448 g/mol. The van der Waals surface area contributed by atoms with Crippen LogP contribution in [0.4, 0.5) is 18.0 Å². The minimum Gasteiger partial charge on any atom is -0.326 e. The van der Waals surface area contributed by atoms with Crippen LogP contribution >= 0.6 is 0 Å². The average molecular weight is 448 g/mol. The van der Waals surface area contributed by atoms with Crippen LogP contribution in [0, 0.1) is 0 Å². The summed E-state index contributed by atoms with van der Waals surface area (Å²) in [5.41, 5.74) is -1.03. The highest BCUT2D eigenvalue weighted by Gasteiger charge is 2.39. The van der Waals surface area contributed by atoms with E-state index in [4.69, 9.17) is 0 Å². The van der Waals surface area contributed by atoms with Crippen LogP contribution < -0.4 is 5.32 Å². The smallest absolute Gasteiger partial charge is 0.326 e. The number of benzene rings is 1. The minimum absolute atomic E-state index is 0.0423. The largest absolute Gasteiger partial charge is 0.416 e. The van der Waals surface area contributed by atoms with Crippen LogP contribution in [0.25, 0.3) is 0 Å². The third-order valence-electron chi connectivity index (χ3n) is 5.16. The Morgan fingerprint density at radius 1 is 1.13 bits per heavy atom. The molecule has 1 atom stereocenters. The average Bonchev–Trinajstić information content (AvgIpc) is 2.96. The fourth-order valence-electron chi connectivity index (χ4n) is 3.49. The molecule has 30 heavy (non-hydrogen) atoms. The molecule has 2 saturated heterocycles. The van der Waals surface area contributed by atoms with E-state index in [1.54, 1.807) is 4.90 Å². The molecule has 3 rings (SSSR count). The normalized spacial score (nSPS) is 21.9. The minimum atomic E-state index is -4.64. The number of alkyl halides is 3. The predicted molar refractivity (Wildman–Crippen MR) is 101 cm³/mol. The van der Waals surface area contributed by atoms with E-state index < -0.39 is 38.7 Å². The number of piperazine rings is 1. The summed E-state index contributed by atoms with van der Waals surface area (Å²) in [6.45, 7) is 2.52. The van der Waals surface area contributed by atoms with E-state index in [0.717, 1.165) is 33.8 Å². The Kier molecular flexibility index (Phi) is 6.39. The van der Waals surface area contributed by atoms with Gasteiger partial charge in [0.15, 0.2) is 0 Å². The van der Waals surface area contributed by atoms with Crippen molar-refractivity contribution in [3.63, 3.8) is 0 Å². The molecule has 0 radical (unpaired) electrons. The van der Waals surface area contributed by atoms with Crippen molar-refractivity contribution in [2.45, 2.75) is 36.9 Å². The van der Waals surface area contributed by atoms with Crippen molar-refractivity contribution in [1.82, 2.24) is 19.4 Å². The maximum atomic E-state index is 12.9. The van der Waals surface area contributed by atoms with Gasteiger partial charge in [-0.1, -0.05) is 19.4 Å². The Hall–Kier alpha value is -2.18. The molecule has 12 heteroatoms. The maximum absolute atomic E-state index is 12.9. The van der Waals surface area contributed by atoms with Gasteiger partial charge in [-0.15, -0.1) is 0 Å². The second-order valence-corrected chi connectivity index (χ2v) is 9.18. The van der Waals surface area contributed by atoms with E-state index >= 15 is 0 Å². The summed E-state index contributed by atoms with van der Waals surface area (Å²) < 4.78 is 65.3. The second kappa shape index (κ2) is 8.52. The number of halogens is 3. The molecule has 8 nitrogen and oxygen atoms in total. The summed E-state index contributed by atoms with van der Waals surface area (Å²) in [6.07, 6.45) is -3.34. The molecule has 0 bridgehead atoms. The zero-order valence-electron chi connectivity index (χ0n) is 16.4. The highest BCUT2D eigenvalue weighted by atomic mass is 32.2. The van der Waals surface area contributed by atoms with Gasteiger partial charge in [0.05, 0.1) is 17.1 Å². The topological polar surface area (TPSA) is 90.0 Å². The first kappa shape index (κ1) is 22.5. The molecule has 1 N–H and O–H groups in total. The van der Waals surface area contributed by atoms with Crippen molar-refractivity contribution in [2.75, 3.05) is 32.8 Å². The number of carbonyl (C=O) groups excluding carboxylic acids is 2. The Balaban J connectivity index is 1.63. The molecule has 2 fully saturated rings. The third-order valence-corrected chi connectivity index (χ3v) is 7.05. The lowest BCUT2D eigenvalue weighted by molar-refractivity contribution is -0.137. The fraction of sp³-hybridized carbons (Fsp3) is 0.556. The van der Waals surface area contributed by atoms with Crippen molar-refractivity contribution in [1.29, 1.82) is 0 Å². The Morgan fingerprint density at radius 3 is 2.40 bits per heavy atom. The molecule has 0 spiro atoms. The van der Waals surface area contributed by atoms with E-state index in [2.05, 4.69) is 5.32 Å². The highest BCUT2D eigenvalue weighted by molar-refractivity contribution is 7.89. The van der Waals surface area contributed by atoms with Crippen LogP contribution in [-0.2, 0) is 21.0 Å². The van der Waals surface area contributed by atoms with Gasteiger partial charge in [-0.05, 0) is 24.6 Å². The van der Waals surface area contributed by atoms with Gasteiger partial charge in [-0.25, -0.2) is 18.1 Å². The number of carbonyl (C=O) groups is 2. The fourth-order valence-corrected chi connectivity index (χ4v) is 4.96. The number of hydrogen-bond donors (Lipinski definition) is 1. The molecule has 1 aromatic carbocycles. The van der Waals surface area contributed by atoms with Crippen molar-refractivity contribution in [3.05, 3.63) is 29.8 Å². The number of hydrogen-bond acceptors (Lipinski definition) is 5. The molecule has 1 unspecified atom stereocenters. The molecule has 0 saturated carbocycles. The number of rotatable bonds is 6. The number of urea groups is 1. The molecule has 166 valence electrons. The first-order chi connectivity index (χ1) is 14.0. The van der Waals surface area contributed by atoms with Crippen molar-refractivity contribution in [3.8, 4) is 0 Å². The van der Waals surface area contributed by atoms with Crippen molar-refractivity contribution >= 4 is 22.0 Å². The number of sulfonamides is 1. The second-order valence-electron chi connectivity index (χ2n) is 7.25. The standard InChI is InChI=1S/C18H23F3N4O4S/c1-2-4-15-16(26)25(17(27)22-15)12-23-7-9-24(10-8-23)30(28,29)14-6-3-5-13(11-14)18(19,20)21/h3,5-6,11,15H,2,4,7-10,12H2,1H3,(H,22,27). The molecular weight excluding hydrogens is 425 g/mol. The summed E-state index contributed by atoms with van der Waals surface area (Å²) in [5, 5.41) is 2.63. The number of nitrogens with zero attached hydrogens (tertiary/aromatic N) is 3. The van der Waals surface area contributed by atoms with E-state index in [1.807, 2.05) is 6.92 Å². The summed E-state index contributed by atoms with van der Waals surface area (Å²) in [6, 6.07) is 2.64. The lowest BCUT2D eigenvalue weighted by Crippen LogP contribution is -2.52. The molecule has 2 aliphatic rings. The third kappa shape index (κ3) is 4.60. The van der Waals surface area contributed by atoms with Crippen LogP contribution in [0.1, 0.15) is 25.3 Å². The van der Waals surface area contributed by atoms with Gasteiger partial charge >= 0.3 is 12.2 Å². The summed E-state index contributed by atoms with van der Waals surface area (Å²) >= 11 is 0. The zero-order valence-corrected chi connectivity index (χ0v) is 17.2. The maximum Gasteiger partial charge on any atom is 0.416 e. The van der Waals surface area contributed by atoms with E-state index in [0.29, 0.717) is 12.5 Å². The molecule has 2 heterocycles. The Morgan fingerprint density at radius 2 is 1.80 bits per heavy atom. The van der Waals surface area contributed by atoms with Crippen LogP contribution in [0.2, 0.25) is 0 Å². The molecule has 2 aliphatic heterocycles. The first-order valence-corrected chi connectivity index (χ1v) is 11.0. The summed E-state index contributed by atoms with van der Waals surface area (Å²) in [7, 11) is -4.09. The summed E-state index contributed by atoms with van der Waals surface area (Å²) in [5.74, 6) is -0.305. The quantitative estimate of drug-likeness (QED) is 0.669. The first-order valence-electron chi connectivity index (χ1n) is 9.55. The van der Waals surface area contributed by atoms with Crippen LogP contribution in [-0.4, -0.2) is 73.4 Å². The van der Waals surface area contributed by atoms with Gasteiger partial charge < -0.3 is 5.32 Å². The number of amides is 3. The van der Waals surface area contributed by atoms with Crippen molar-refractivity contribution in [2.24, 2.45) is 0 Å². The van der Waals surface area contributed by atoms with E-state index in [9.17, 15) is 31.2 Å². The summed E-state index contributed by atoms with van der Waals surface area (Å²) in [4.78, 5) is 26.8. The molecule has 3 amide bonds. The van der Waals surface area contributed by atoms with Crippen LogP contribution in [0.15, 0.2) is 29.2 Å². The zero-order chi connectivity index (χ0) is 22.1. The van der Waals surface area contributed by atoms with Gasteiger partial charge in [-0.2, -0.15) is 17.5 Å². The SMILES string of the molecule is CCCC1NC(=O)N(CN2CCN(S(=O)(=O)c3cccc(C(F)(F)F)c3)CC2)C1=O. The number of nitrogens with one attached hydrogen (secondary N) is 1. The Bertz CT molecular complexity index is 914. The van der Waals surface area contributed by atoms with Crippen molar-refractivity contribution < 1.29 is 31.2 Å². The highest BCUT2D eigenvalue weighted by Crippen LogP contribution is 2.31. The van der Waals surface area contributed by atoms with Crippen LogP contribution in [0.5, 0.6) is 0 Å².